The summed E-state index contributed by atoms with van der Waals surface area (Å²) in [5, 5.41) is 14.9. The number of carbonyl (C=O) groups is 1. The Hall–Kier alpha value is -3.41. The van der Waals surface area contributed by atoms with Crippen molar-refractivity contribution in [3.05, 3.63) is 78.4 Å². The van der Waals surface area contributed by atoms with Crippen LogP contribution in [0.15, 0.2) is 72.8 Å². The van der Waals surface area contributed by atoms with Gasteiger partial charge in [-0.2, -0.15) is 0 Å². The van der Waals surface area contributed by atoms with Crippen molar-refractivity contribution in [2.45, 2.75) is 19.4 Å². The summed E-state index contributed by atoms with van der Waals surface area (Å²) in [5.74, 6) is 1.77. The second kappa shape index (κ2) is 9.19. The second-order valence-corrected chi connectivity index (χ2v) is 7.23. The van der Waals surface area contributed by atoms with Crippen molar-refractivity contribution >= 4 is 23.2 Å². The molecule has 3 aromatic rings. The Morgan fingerprint density at radius 3 is 2.24 bits per heavy atom. The highest BCUT2D eigenvalue weighted by molar-refractivity contribution is 5.79. The van der Waals surface area contributed by atoms with Crippen LogP contribution >= 0.6 is 0 Å². The molecule has 6 heteroatoms. The predicted octanol–water partition coefficient (Wildman–Crippen LogP) is 3.75. The number of nitrogens with one attached hydrogen (secondary N) is 2. The fraction of sp³-hybridized carbons (Fsp3) is 0.261. The van der Waals surface area contributed by atoms with Crippen molar-refractivity contribution in [2.75, 3.05) is 23.3 Å². The molecule has 0 spiro atoms. The van der Waals surface area contributed by atoms with E-state index in [9.17, 15) is 4.79 Å². The third-order valence-corrected chi connectivity index (χ3v) is 5.20. The second-order valence-electron chi connectivity index (χ2n) is 7.23. The van der Waals surface area contributed by atoms with Crippen LogP contribution in [0.5, 0.6) is 0 Å². The molecule has 6 nitrogen and oxygen atoms in total. The first kappa shape index (κ1) is 18.9. The van der Waals surface area contributed by atoms with E-state index in [-0.39, 0.29) is 11.8 Å². The minimum atomic E-state index is 0.0574. The van der Waals surface area contributed by atoms with Crippen molar-refractivity contribution in [1.29, 1.82) is 0 Å². The lowest BCUT2D eigenvalue weighted by Gasteiger charge is -2.31. The molecule has 29 heavy (non-hydrogen) atoms. The molecule has 1 amide bonds. The molecule has 148 valence electrons. The first-order chi connectivity index (χ1) is 14.3. The third-order valence-electron chi connectivity index (χ3n) is 5.20. The molecule has 1 aliphatic rings. The maximum Gasteiger partial charge on any atom is 0.223 e. The van der Waals surface area contributed by atoms with Gasteiger partial charge >= 0.3 is 0 Å². The van der Waals surface area contributed by atoms with Crippen molar-refractivity contribution in [1.82, 2.24) is 15.5 Å². The van der Waals surface area contributed by atoms with Crippen LogP contribution in [0, 0.1) is 5.92 Å². The van der Waals surface area contributed by atoms with E-state index in [1.54, 1.807) is 0 Å². The summed E-state index contributed by atoms with van der Waals surface area (Å²) in [5.41, 5.74) is 2.11. The molecule has 0 unspecified atom stereocenters. The number of aromatic nitrogens is 2. The van der Waals surface area contributed by atoms with Crippen molar-refractivity contribution in [2.24, 2.45) is 5.92 Å². The topological polar surface area (TPSA) is 70.2 Å². The van der Waals surface area contributed by atoms with E-state index in [2.05, 4.69) is 25.7 Å². The number of hydrogen-bond donors (Lipinski definition) is 2. The molecule has 2 aromatic carbocycles. The maximum absolute atomic E-state index is 12.5. The van der Waals surface area contributed by atoms with Crippen molar-refractivity contribution in [3.8, 4) is 0 Å². The van der Waals surface area contributed by atoms with Gasteiger partial charge in [0.2, 0.25) is 5.91 Å². The number of rotatable bonds is 6. The lowest BCUT2D eigenvalue weighted by molar-refractivity contribution is -0.125. The number of anilines is 3. The molecule has 1 saturated heterocycles. The third kappa shape index (κ3) is 5.10. The van der Waals surface area contributed by atoms with E-state index in [1.807, 2.05) is 72.8 Å². The molecule has 0 radical (unpaired) electrons. The average molecular weight is 387 g/mol. The summed E-state index contributed by atoms with van der Waals surface area (Å²) < 4.78 is 0. The molecule has 1 aliphatic heterocycles. The van der Waals surface area contributed by atoms with E-state index < -0.39 is 0 Å². The van der Waals surface area contributed by atoms with Gasteiger partial charge in [-0.3, -0.25) is 4.79 Å². The van der Waals surface area contributed by atoms with Gasteiger partial charge in [-0.1, -0.05) is 48.5 Å². The number of hydrogen-bond acceptors (Lipinski definition) is 5. The fourth-order valence-electron chi connectivity index (χ4n) is 3.53. The standard InChI is InChI=1S/C23H25N5O/c29-23(24-17-18-7-3-1-4-8-18)19-13-15-28(16-14-19)22-12-11-21(26-27-22)25-20-9-5-2-6-10-20/h1-12,19H,13-17H2,(H,24,29)(H,25,26). The molecule has 2 N–H and O–H groups in total. The first-order valence-electron chi connectivity index (χ1n) is 10.0. The van der Waals surface area contributed by atoms with Gasteiger partial charge in [-0.25, -0.2) is 0 Å². The fourth-order valence-corrected chi connectivity index (χ4v) is 3.53. The highest BCUT2D eigenvalue weighted by Crippen LogP contribution is 2.23. The van der Waals surface area contributed by atoms with Crippen LogP contribution in [0.4, 0.5) is 17.3 Å². The summed E-state index contributed by atoms with van der Waals surface area (Å²) in [6, 6.07) is 23.8. The average Bonchev–Trinajstić information content (AvgIpc) is 2.79. The molecule has 0 aliphatic carbocycles. The predicted molar refractivity (Wildman–Crippen MR) is 115 cm³/mol. The number of piperidine rings is 1. The Morgan fingerprint density at radius 2 is 1.59 bits per heavy atom. The molecular weight excluding hydrogens is 362 g/mol. The van der Waals surface area contributed by atoms with Crippen LogP contribution in [-0.2, 0) is 11.3 Å². The van der Waals surface area contributed by atoms with Crippen molar-refractivity contribution in [3.63, 3.8) is 0 Å². The van der Waals surface area contributed by atoms with Gasteiger partial charge in [-0.15, -0.1) is 10.2 Å². The van der Waals surface area contributed by atoms with Gasteiger partial charge in [0.05, 0.1) is 0 Å². The number of nitrogens with zero attached hydrogens (tertiary/aromatic N) is 3. The molecule has 4 rings (SSSR count). The van der Waals surface area contributed by atoms with E-state index in [0.29, 0.717) is 6.54 Å². The van der Waals surface area contributed by atoms with Crippen LogP contribution in [0.25, 0.3) is 0 Å². The zero-order valence-corrected chi connectivity index (χ0v) is 16.3. The van der Waals surface area contributed by atoms with Crippen LogP contribution in [0.3, 0.4) is 0 Å². The number of carbonyl (C=O) groups excluding carboxylic acids is 1. The van der Waals surface area contributed by atoms with Crippen LogP contribution in [-0.4, -0.2) is 29.2 Å². The van der Waals surface area contributed by atoms with Gasteiger partial charge in [0.1, 0.15) is 0 Å². The molecule has 1 aromatic heterocycles. The minimum absolute atomic E-state index is 0.0574. The lowest BCUT2D eigenvalue weighted by atomic mass is 9.96. The smallest absolute Gasteiger partial charge is 0.223 e. The summed E-state index contributed by atoms with van der Waals surface area (Å²) in [6.07, 6.45) is 1.65. The van der Waals surface area contributed by atoms with E-state index in [0.717, 1.165) is 48.8 Å². The van der Waals surface area contributed by atoms with Gasteiger partial charge in [0.15, 0.2) is 11.6 Å². The summed E-state index contributed by atoms with van der Waals surface area (Å²) in [7, 11) is 0. The summed E-state index contributed by atoms with van der Waals surface area (Å²) >= 11 is 0. The van der Waals surface area contributed by atoms with Crippen LogP contribution in [0.1, 0.15) is 18.4 Å². The Labute approximate surface area is 171 Å². The zero-order valence-electron chi connectivity index (χ0n) is 16.3. The van der Waals surface area contributed by atoms with E-state index in [1.165, 1.54) is 0 Å². The maximum atomic E-state index is 12.5. The van der Waals surface area contributed by atoms with Gasteiger partial charge in [0.25, 0.3) is 0 Å². The molecular formula is C23H25N5O. The largest absolute Gasteiger partial charge is 0.355 e. The molecule has 1 fully saturated rings. The monoisotopic (exact) mass is 387 g/mol. The molecule has 0 saturated carbocycles. The SMILES string of the molecule is O=C(NCc1ccccc1)C1CCN(c2ccc(Nc3ccccc3)nn2)CC1. The van der Waals surface area contributed by atoms with E-state index in [4.69, 9.17) is 0 Å². The number of benzene rings is 2. The van der Waals surface area contributed by atoms with Gasteiger partial charge in [-0.05, 0) is 42.7 Å². The summed E-state index contributed by atoms with van der Waals surface area (Å²) in [6.45, 7) is 2.20. The molecule has 0 atom stereocenters. The Kier molecular flexibility index (Phi) is 6.00. The van der Waals surface area contributed by atoms with Crippen LogP contribution in [0.2, 0.25) is 0 Å². The Balaban J connectivity index is 1.26. The first-order valence-corrected chi connectivity index (χ1v) is 10.0. The highest BCUT2D eigenvalue weighted by atomic mass is 16.1. The van der Waals surface area contributed by atoms with Gasteiger partial charge in [0, 0.05) is 31.2 Å². The Bertz CT molecular complexity index is 907. The minimum Gasteiger partial charge on any atom is -0.355 e. The molecule has 2 heterocycles. The quantitative estimate of drug-likeness (QED) is 0.674. The number of para-hydroxylation sites is 1. The normalized spacial score (nSPS) is 14.4. The molecule has 0 bridgehead atoms. The zero-order chi connectivity index (χ0) is 19.9. The van der Waals surface area contributed by atoms with Crippen LogP contribution < -0.4 is 15.5 Å². The summed E-state index contributed by atoms with van der Waals surface area (Å²) in [4.78, 5) is 14.7. The Morgan fingerprint density at radius 1 is 0.897 bits per heavy atom. The van der Waals surface area contributed by atoms with E-state index >= 15 is 0 Å². The van der Waals surface area contributed by atoms with Crippen molar-refractivity contribution < 1.29 is 4.79 Å². The highest BCUT2D eigenvalue weighted by Gasteiger charge is 2.25. The lowest BCUT2D eigenvalue weighted by Crippen LogP contribution is -2.40. The number of amides is 1. The van der Waals surface area contributed by atoms with Gasteiger partial charge < -0.3 is 15.5 Å².